The summed E-state index contributed by atoms with van der Waals surface area (Å²) >= 11 is 0. The largest absolute Gasteiger partial charge is 0.320 e. The Hall–Kier alpha value is -0.0800. The summed E-state index contributed by atoms with van der Waals surface area (Å²) in [5, 5.41) is 3.20. The van der Waals surface area contributed by atoms with Gasteiger partial charge in [0.1, 0.15) is 0 Å². The van der Waals surface area contributed by atoms with Crippen LogP contribution in [-0.4, -0.2) is 38.1 Å². The molecule has 0 aromatic rings. The van der Waals surface area contributed by atoms with Crippen molar-refractivity contribution in [3.8, 4) is 0 Å². The minimum Gasteiger partial charge on any atom is -0.320 e. The molecule has 2 atom stereocenters. The lowest BCUT2D eigenvalue weighted by Crippen LogP contribution is -2.39. The van der Waals surface area contributed by atoms with Crippen LogP contribution in [0.3, 0.4) is 0 Å². The first-order chi connectivity index (χ1) is 6.72. The van der Waals surface area contributed by atoms with Crippen LogP contribution in [0, 0.1) is 11.8 Å². The molecule has 0 aromatic heterocycles. The Kier molecular flexibility index (Phi) is 5.49. The molecule has 2 heteroatoms. The molecule has 1 aliphatic rings. The second kappa shape index (κ2) is 6.41. The summed E-state index contributed by atoms with van der Waals surface area (Å²) in [5.41, 5.74) is 0. The van der Waals surface area contributed by atoms with Gasteiger partial charge in [0.2, 0.25) is 0 Å². The van der Waals surface area contributed by atoms with Crippen molar-refractivity contribution in [2.45, 2.75) is 33.1 Å². The van der Waals surface area contributed by atoms with Crippen molar-refractivity contribution in [3.63, 3.8) is 0 Å². The second-order valence-corrected chi connectivity index (χ2v) is 5.02. The molecular formula is C12H26N2. The van der Waals surface area contributed by atoms with E-state index in [9.17, 15) is 0 Å². The van der Waals surface area contributed by atoms with Crippen molar-refractivity contribution in [3.05, 3.63) is 0 Å². The number of rotatable bonds is 5. The van der Waals surface area contributed by atoms with Gasteiger partial charge in [-0.2, -0.15) is 0 Å². The first-order valence-corrected chi connectivity index (χ1v) is 6.09. The van der Waals surface area contributed by atoms with E-state index in [0.717, 1.165) is 11.8 Å². The third-order valence-corrected chi connectivity index (χ3v) is 3.10. The number of hydrogen-bond donors (Lipinski definition) is 1. The van der Waals surface area contributed by atoms with Crippen molar-refractivity contribution in [1.82, 2.24) is 10.2 Å². The Morgan fingerprint density at radius 2 is 1.79 bits per heavy atom. The van der Waals surface area contributed by atoms with Crippen molar-refractivity contribution in [2.24, 2.45) is 11.8 Å². The molecule has 0 radical (unpaired) electrons. The maximum Gasteiger partial charge on any atom is 0.000724 e. The lowest BCUT2D eigenvalue weighted by Gasteiger charge is -2.34. The summed E-state index contributed by atoms with van der Waals surface area (Å²) in [6.07, 6.45) is 4.09. The molecule has 0 saturated carbocycles. The Morgan fingerprint density at radius 3 is 2.36 bits per heavy atom. The van der Waals surface area contributed by atoms with E-state index in [4.69, 9.17) is 0 Å². The zero-order valence-electron chi connectivity index (χ0n) is 10.1. The fourth-order valence-electron chi connectivity index (χ4n) is 2.61. The van der Waals surface area contributed by atoms with E-state index < -0.39 is 0 Å². The average molecular weight is 198 g/mol. The fraction of sp³-hybridized carbons (Fsp3) is 1.00. The number of nitrogens with one attached hydrogen (secondary N) is 1. The van der Waals surface area contributed by atoms with E-state index in [2.05, 4.69) is 24.1 Å². The summed E-state index contributed by atoms with van der Waals surface area (Å²) in [6, 6.07) is 0. The highest BCUT2D eigenvalue weighted by atomic mass is 15.1. The van der Waals surface area contributed by atoms with E-state index in [1.54, 1.807) is 0 Å². The molecule has 1 rings (SSSR count). The summed E-state index contributed by atoms with van der Waals surface area (Å²) in [7, 11) is 2.03. The number of nitrogens with zero attached hydrogens (tertiary/aromatic N) is 1. The van der Waals surface area contributed by atoms with Crippen molar-refractivity contribution in [2.75, 3.05) is 33.2 Å². The molecular weight excluding hydrogens is 172 g/mol. The molecule has 2 nitrogen and oxygen atoms in total. The Labute approximate surface area is 89.1 Å². The van der Waals surface area contributed by atoms with Crippen LogP contribution in [0.4, 0.5) is 0 Å². The fourth-order valence-corrected chi connectivity index (χ4v) is 2.61. The quantitative estimate of drug-likeness (QED) is 0.679. The maximum atomic E-state index is 3.20. The Morgan fingerprint density at radius 1 is 1.14 bits per heavy atom. The minimum atomic E-state index is 0.906. The Balaban J connectivity index is 2.10. The highest BCUT2D eigenvalue weighted by Crippen LogP contribution is 2.20. The van der Waals surface area contributed by atoms with Gasteiger partial charge in [0, 0.05) is 13.1 Å². The zero-order chi connectivity index (χ0) is 10.4. The van der Waals surface area contributed by atoms with Crippen LogP contribution in [-0.2, 0) is 0 Å². The predicted molar refractivity (Wildman–Crippen MR) is 62.5 cm³/mol. The molecule has 0 amide bonds. The number of piperidine rings is 1. The summed E-state index contributed by atoms with van der Waals surface area (Å²) in [5.74, 6) is 1.81. The SMILES string of the molecule is CNCCCCN1CC(C)CC(C)C1. The monoisotopic (exact) mass is 198 g/mol. The number of unbranched alkanes of at least 4 members (excludes halogenated alkanes) is 1. The molecule has 1 N–H and O–H groups in total. The van der Waals surface area contributed by atoms with Gasteiger partial charge in [-0.3, -0.25) is 0 Å². The standard InChI is InChI=1S/C12H26N2/c1-11-8-12(2)10-14(9-11)7-5-4-6-13-3/h11-13H,4-10H2,1-3H3. The Bertz CT molecular complexity index is 137. The van der Waals surface area contributed by atoms with Crippen LogP contribution >= 0.6 is 0 Å². The third kappa shape index (κ3) is 4.43. The van der Waals surface area contributed by atoms with Gasteiger partial charge in [-0.25, -0.2) is 0 Å². The van der Waals surface area contributed by atoms with E-state index in [-0.39, 0.29) is 0 Å². The van der Waals surface area contributed by atoms with Crippen LogP contribution < -0.4 is 5.32 Å². The molecule has 84 valence electrons. The first-order valence-electron chi connectivity index (χ1n) is 6.09. The van der Waals surface area contributed by atoms with Gasteiger partial charge in [0.05, 0.1) is 0 Å². The smallest absolute Gasteiger partial charge is 0.000724 e. The summed E-state index contributed by atoms with van der Waals surface area (Å²) < 4.78 is 0. The number of likely N-dealkylation sites (tertiary alicyclic amines) is 1. The minimum absolute atomic E-state index is 0.906. The van der Waals surface area contributed by atoms with Gasteiger partial charge in [-0.05, 0) is 51.2 Å². The molecule has 0 aromatic carbocycles. The van der Waals surface area contributed by atoms with Crippen LogP contribution in [0.1, 0.15) is 33.1 Å². The van der Waals surface area contributed by atoms with E-state index >= 15 is 0 Å². The van der Waals surface area contributed by atoms with Crippen molar-refractivity contribution >= 4 is 0 Å². The highest BCUT2D eigenvalue weighted by Gasteiger charge is 2.20. The van der Waals surface area contributed by atoms with Gasteiger partial charge in [-0.15, -0.1) is 0 Å². The normalized spacial score (nSPS) is 29.4. The maximum absolute atomic E-state index is 3.20. The molecule has 0 spiro atoms. The molecule has 1 aliphatic heterocycles. The second-order valence-electron chi connectivity index (χ2n) is 5.02. The predicted octanol–water partition coefficient (Wildman–Crippen LogP) is 1.96. The molecule has 1 fully saturated rings. The third-order valence-electron chi connectivity index (χ3n) is 3.10. The molecule has 0 bridgehead atoms. The molecule has 0 aliphatic carbocycles. The molecule has 2 unspecified atom stereocenters. The lowest BCUT2D eigenvalue weighted by atomic mass is 9.92. The summed E-state index contributed by atoms with van der Waals surface area (Å²) in [6.45, 7) is 9.88. The topological polar surface area (TPSA) is 15.3 Å². The van der Waals surface area contributed by atoms with Crippen molar-refractivity contribution < 1.29 is 0 Å². The molecule has 14 heavy (non-hydrogen) atoms. The van der Waals surface area contributed by atoms with Gasteiger partial charge in [0.25, 0.3) is 0 Å². The van der Waals surface area contributed by atoms with Crippen LogP contribution in [0.15, 0.2) is 0 Å². The summed E-state index contributed by atoms with van der Waals surface area (Å²) in [4.78, 5) is 2.65. The van der Waals surface area contributed by atoms with Gasteiger partial charge < -0.3 is 10.2 Å². The van der Waals surface area contributed by atoms with Crippen LogP contribution in [0.2, 0.25) is 0 Å². The lowest BCUT2D eigenvalue weighted by molar-refractivity contribution is 0.139. The van der Waals surface area contributed by atoms with E-state index in [1.807, 2.05) is 7.05 Å². The molecule has 1 saturated heterocycles. The van der Waals surface area contributed by atoms with Gasteiger partial charge in [0.15, 0.2) is 0 Å². The number of hydrogen-bond acceptors (Lipinski definition) is 2. The van der Waals surface area contributed by atoms with E-state index in [1.165, 1.54) is 45.4 Å². The van der Waals surface area contributed by atoms with E-state index in [0.29, 0.717) is 0 Å². The van der Waals surface area contributed by atoms with Gasteiger partial charge in [-0.1, -0.05) is 13.8 Å². The van der Waals surface area contributed by atoms with Crippen LogP contribution in [0.25, 0.3) is 0 Å². The first kappa shape index (κ1) is 12.0. The molecule has 1 heterocycles. The van der Waals surface area contributed by atoms with Gasteiger partial charge >= 0.3 is 0 Å². The van der Waals surface area contributed by atoms with Crippen LogP contribution in [0.5, 0.6) is 0 Å². The highest BCUT2D eigenvalue weighted by molar-refractivity contribution is 4.74. The van der Waals surface area contributed by atoms with Crippen molar-refractivity contribution in [1.29, 1.82) is 0 Å². The average Bonchev–Trinajstić information content (AvgIpc) is 2.11. The zero-order valence-corrected chi connectivity index (χ0v) is 10.1.